The van der Waals surface area contributed by atoms with Gasteiger partial charge in [0, 0.05) is 44.2 Å². The maximum absolute atomic E-state index is 14.6. The largest absolute Gasteiger partial charge is 0.490 e. The Morgan fingerprint density at radius 1 is 1.10 bits per heavy atom. The minimum Gasteiger partial charge on any atom is -0.490 e. The second-order valence-electron chi connectivity index (χ2n) is 9.67. The molecule has 206 valence electrons. The minimum atomic E-state index is -4.65. The fraction of sp³-hybridized carbons (Fsp3) is 0.370. The van der Waals surface area contributed by atoms with Gasteiger partial charge in [0.05, 0.1) is 29.5 Å². The number of nitrogens with zero attached hydrogens (tertiary/aromatic N) is 5. The lowest BCUT2D eigenvalue weighted by Gasteiger charge is -2.34. The summed E-state index contributed by atoms with van der Waals surface area (Å²) in [6.07, 6.45) is -0.496. The number of carboxylic acid groups (broad SMARTS) is 1. The van der Waals surface area contributed by atoms with E-state index in [9.17, 15) is 27.5 Å². The van der Waals surface area contributed by atoms with Crippen LogP contribution in [0.4, 0.5) is 28.9 Å². The van der Waals surface area contributed by atoms with E-state index in [1.165, 1.54) is 13.0 Å². The van der Waals surface area contributed by atoms with Crippen LogP contribution in [-0.4, -0.2) is 58.0 Å². The first-order valence-corrected chi connectivity index (χ1v) is 12.6. The Bertz CT molecular complexity index is 1340. The zero-order valence-electron chi connectivity index (χ0n) is 21.1. The normalized spacial score (nSPS) is 20.3. The van der Waals surface area contributed by atoms with Gasteiger partial charge in [0.25, 0.3) is 0 Å². The number of alkyl halides is 3. The zero-order chi connectivity index (χ0) is 27.7. The molecular formula is C27H27F4N5O3. The summed E-state index contributed by atoms with van der Waals surface area (Å²) in [6, 6.07) is 12.1. The van der Waals surface area contributed by atoms with Crippen molar-refractivity contribution in [3.05, 3.63) is 66.7 Å². The Morgan fingerprint density at radius 3 is 2.41 bits per heavy atom. The minimum absolute atomic E-state index is 0.120. The van der Waals surface area contributed by atoms with Gasteiger partial charge in [0.1, 0.15) is 23.4 Å². The molecule has 0 bridgehead atoms. The van der Waals surface area contributed by atoms with E-state index in [0.29, 0.717) is 43.1 Å². The summed E-state index contributed by atoms with van der Waals surface area (Å²) < 4.78 is 62.6. The Morgan fingerprint density at radius 2 is 1.79 bits per heavy atom. The molecule has 0 aliphatic carbocycles. The predicted octanol–water partition coefficient (Wildman–Crippen LogP) is 5.28. The molecule has 2 atom stereocenters. The second kappa shape index (κ2) is 10.6. The molecule has 8 nitrogen and oxygen atoms in total. The van der Waals surface area contributed by atoms with E-state index in [2.05, 4.69) is 10.2 Å². The number of ether oxygens (including phenoxy) is 1. The Labute approximate surface area is 222 Å². The summed E-state index contributed by atoms with van der Waals surface area (Å²) in [5, 5.41) is 18.3. The van der Waals surface area contributed by atoms with Gasteiger partial charge in [-0.3, -0.25) is 9.80 Å². The van der Waals surface area contributed by atoms with Crippen molar-refractivity contribution in [1.82, 2.24) is 9.78 Å². The molecule has 0 radical (unpaired) electrons. The van der Waals surface area contributed by atoms with E-state index in [1.807, 2.05) is 4.90 Å². The lowest BCUT2D eigenvalue weighted by molar-refractivity contribution is -0.137. The number of hydrogen-bond donors (Lipinski definition) is 1. The standard InChI is InChI=1S/C27H27F4N5O3/c1-17-23(16-25(37)38)36(33-26(17)27(29,30)31)18-3-6-20(7-4-18)39-21-9-13-34(14-10-21)24-15-19(5-8-22(24)28)35-12-2-11-32-35/h2-8,11-12,15,17,21,23H,9-10,13-14,16H2,1H3,(H,37,38)/t17-,23-/m0/s1. The van der Waals surface area contributed by atoms with Crippen LogP contribution in [0.15, 0.2) is 66.0 Å². The number of hydrogen-bond acceptors (Lipinski definition) is 6. The molecular weight excluding hydrogens is 518 g/mol. The van der Waals surface area contributed by atoms with Crippen LogP contribution in [-0.2, 0) is 4.79 Å². The molecule has 2 aliphatic rings. The van der Waals surface area contributed by atoms with Gasteiger partial charge in [-0.1, -0.05) is 6.92 Å². The van der Waals surface area contributed by atoms with Crippen LogP contribution in [0.25, 0.3) is 5.69 Å². The molecule has 0 unspecified atom stereocenters. The van der Waals surface area contributed by atoms with Crippen LogP contribution in [0, 0.1) is 11.7 Å². The molecule has 3 heterocycles. The van der Waals surface area contributed by atoms with Crippen LogP contribution in [0.2, 0.25) is 0 Å². The van der Waals surface area contributed by atoms with Crippen molar-refractivity contribution in [2.45, 2.75) is 44.5 Å². The molecule has 39 heavy (non-hydrogen) atoms. The molecule has 1 N–H and O–H groups in total. The SMILES string of the molecule is C[C@@H]1C(C(F)(F)F)=NN(c2ccc(OC3CCN(c4cc(-n5cccn5)ccc4F)CC3)cc2)[C@H]1CC(=O)O. The fourth-order valence-electron chi connectivity index (χ4n) is 5.07. The number of carbonyl (C=O) groups is 1. The maximum atomic E-state index is 14.6. The fourth-order valence-corrected chi connectivity index (χ4v) is 5.07. The zero-order valence-corrected chi connectivity index (χ0v) is 21.1. The van der Waals surface area contributed by atoms with Gasteiger partial charge in [0.2, 0.25) is 0 Å². The van der Waals surface area contributed by atoms with E-state index in [1.54, 1.807) is 59.5 Å². The number of anilines is 2. The maximum Gasteiger partial charge on any atom is 0.431 e. The van der Waals surface area contributed by atoms with Crippen LogP contribution in [0.1, 0.15) is 26.2 Å². The first-order chi connectivity index (χ1) is 18.6. The topological polar surface area (TPSA) is 83.2 Å². The summed E-state index contributed by atoms with van der Waals surface area (Å²) in [4.78, 5) is 13.3. The lowest BCUT2D eigenvalue weighted by Crippen LogP contribution is -2.38. The molecule has 0 spiro atoms. The first-order valence-electron chi connectivity index (χ1n) is 12.6. The average molecular weight is 546 g/mol. The van der Waals surface area contributed by atoms with E-state index in [0.717, 1.165) is 10.7 Å². The second-order valence-corrected chi connectivity index (χ2v) is 9.67. The Balaban J connectivity index is 1.23. The molecule has 1 aromatic heterocycles. The predicted molar refractivity (Wildman–Crippen MR) is 137 cm³/mol. The van der Waals surface area contributed by atoms with E-state index in [4.69, 9.17) is 4.74 Å². The summed E-state index contributed by atoms with van der Waals surface area (Å²) >= 11 is 0. The van der Waals surface area contributed by atoms with Crippen LogP contribution >= 0.6 is 0 Å². The summed E-state index contributed by atoms with van der Waals surface area (Å²) in [5.74, 6) is -2.07. The Hall–Kier alpha value is -4.09. The third-order valence-corrected chi connectivity index (χ3v) is 7.10. The molecule has 2 aromatic carbocycles. The number of rotatable bonds is 7. The van der Waals surface area contributed by atoms with Crippen molar-refractivity contribution < 1.29 is 32.2 Å². The van der Waals surface area contributed by atoms with E-state index >= 15 is 0 Å². The first kappa shape index (κ1) is 26.5. The number of aromatic nitrogens is 2. The van der Waals surface area contributed by atoms with Gasteiger partial charge in [0.15, 0.2) is 0 Å². The third-order valence-electron chi connectivity index (χ3n) is 7.10. The van der Waals surface area contributed by atoms with E-state index in [-0.39, 0.29) is 11.9 Å². The van der Waals surface area contributed by atoms with Gasteiger partial charge in [-0.05, 0) is 48.5 Å². The molecule has 0 amide bonds. The molecule has 1 fully saturated rings. The van der Waals surface area contributed by atoms with Crippen molar-refractivity contribution in [1.29, 1.82) is 0 Å². The Kier molecular flexibility index (Phi) is 7.19. The number of carboxylic acids is 1. The molecule has 12 heteroatoms. The monoisotopic (exact) mass is 545 g/mol. The number of halogens is 4. The van der Waals surface area contributed by atoms with Gasteiger partial charge >= 0.3 is 12.1 Å². The lowest BCUT2D eigenvalue weighted by atomic mass is 9.94. The van der Waals surface area contributed by atoms with Gasteiger partial charge in [-0.15, -0.1) is 0 Å². The van der Waals surface area contributed by atoms with Crippen molar-refractivity contribution in [3.63, 3.8) is 0 Å². The highest BCUT2D eigenvalue weighted by molar-refractivity contribution is 5.96. The third kappa shape index (κ3) is 5.69. The van der Waals surface area contributed by atoms with Crippen molar-refractivity contribution in [2.75, 3.05) is 23.0 Å². The smallest absolute Gasteiger partial charge is 0.431 e. The highest BCUT2D eigenvalue weighted by Crippen LogP contribution is 2.37. The average Bonchev–Trinajstić information content (AvgIpc) is 3.54. The summed E-state index contributed by atoms with van der Waals surface area (Å²) in [5.41, 5.74) is 0.620. The van der Waals surface area contributed by atoms with Gasteiger partial charge in [-0.25, -0.2) is 9.07 Å². The van der Waals surface area contributed by atoms with E-state index < -0.39 is 36.2 Å². The molecule has 3 aromatic rings. The van der Waals surface area contributed by atoms with Crippen LogP contribution in [0.5, 0.6) is 5.75 Å². The van der Waals surface area contributed by atoms with Crippen molar-refractivity contribution in [2.24, 2.45) is 11.0 Å². The number of aliphatic carboxylic acids is 1. The number of benzene rings is 2. The van der Waals surface area contributed by atoms with Crippen molar-refractivity contribution in [3.8, 4) is 11.4 Å². The molecule has 5 rings (SSSR count). The van der Waals surface area contributed by atoms with Crippen LogP contribution < -0.4 is 14.6 Å². The number of hydrazone groups is 1. The molecule has 2 aliphatic heterocycles. The summed E-state index contributed by atoms with van der Waals surface area (Å²) in [7, 11) is 0. The highest BCUT2D eigenvalue weighted by Gasteiger charge is 2.48. The summed E-state index contributed by atoms with van der Waals surface area (Å²) in [6.45, 7) is 2.50. The highest BCUT2D eigenvalue weighted by atomic mass is 19.4. The quantitative estimate of drug-likeness (QED) is 0.407. The molecule has 0 saturated carbocycles. The van der Waals surface area contributed by atoms with Crippen molar-refractivity contribution >= 4 is 23.1 Å². The van der Waals surface area contributed by atoms with Gasteiger partial charge in [-0.2, -0.15) is 23.4 Å². The molecule has 1 saturated heterocycles. The number of piperidine rings is 1. The van der Waals surface area contributed by atoms with Gasteiger partial charge < -0.3 is 14.7 Å². The van der Waals surface area contributed by atoms with Crippen LogP contribution in [0.3, 0.4) is 0 Å².